The monoisotopic (exact) mass is 982 g/mol. The van der Waals surface area contributed by atoms with Gasteiger partial charge in [-0.1, -0.05) is 75.9 Å². The number of rotatable bonds is 20. The number of nitrogens with zero attached hydrogens (tertiary/aromatic N) is 2. The van der Waals surface area contributed by atoms with Crippen molar-refractivity contribution in [1.82, 2.24) is 0 Å². The number of halogens is 4. The van der Waals surface area contributed by atoms with Gasteiger partial charge in [-0.3, -0.25) is 9.59 Å². The van der Waals surface area contributed by atoms with Crippen molar-refractivity contribution in [3.05, 3.63) is 192 Å². The molecule has 0 bridgehead atoms. The van der Waals surface area contributed by atoms with Gasteiger partial charge in [-0.25, -0.2) is 41.8 Å². The molecule has 2 unspecified atom stereocenters. The van der Waals surface area contributed by atoms with E-state index < -0.39 is 23.3 Å². The smallest absolute Gasteiger partial charge is 0.379 e. The second kappa shape index (κ2) is 31.9. The van der Waals surface area contributed by atoms with Crippen molar-refractivity contribution in [3.8, 4) is 0 Å². The molecule has 69 heavy (non-hydrogen) atoms. The second-order valence-electron chi connectivity index (χ2n) is 18.1. The second-order valence-corrected chi connectivity index (χ2v) is 18.1. The SMILES string of the molecule is COC(C)(C)CCCC(C)CCN(C(=O)c1ccccc1)c1ccc(F)[c-]c1F.COC(C)(C)CCCC(C)CCN(C(=O)c1ccccc1)c1ccc(F)[c-]c1F.[Ti+4].c1cc[cH-]c1.c1cc[cH-]c1. The van der Waals surface area contributed by atoms with Crippen molar-refractivity contribution in [2.75, 3.05) is 37.1 Å². The average molecular weight is 983 g/mol. The maximum Gasteiger partial charge on any atom is 4.00 e. The van der Waals surface area contributed by atoms with E-state index in [9.17, 15) is 27.2 Å². The van der Waals surface area contributed by atoms with Crippen molar-refractivity contribution < 1.29 is 58.3 Å². The Morgan fingerprint density at radius 3 is 1.14 bits per heavy atom. The predicted octanol–water partition coefficient (Wildman–Crippen LogP) is 14.9. The quantitative estimate of drug-likeness (QED) is 0.0434. The molecule has 6 aromatic rings. The van der Waals surface area contributed by atoms with Gasteiger partial charge in [0.1, 0.15) is 0 Å². The van der Waals surface area contributed by atoms with E-state index >= 15 is 0 Å². The molecule has 0 N–H and O–H groups in total. The Hall–Kier alpha value is -5.13. The normalized spacial score (nSPS) is 11.8. The maximum absolute atomic E-state index is 14.4. The summed E-state index contributed by atoms with van der Waals surface area (Å²) >= 11 is 0. The fourth-order valence-corrected chi connectivity index (χ4v) is 7.01. The van der Waals surface area contributed by atoms with Crippen molar-refractivity contribution in [2.24, 2.45) is 11.8 Å². The molecule has 0 aromatic heterocycles. The Labute approximate surface area is 424 Å². The minimum absolute atomic E-state index is 0. The number of hydrogen-bond acceptors (Lipinski definition) is 4. The van der Waals surface area contributed by atoms with E-state index in [1.807, 2.05) is 84.9 Å². The molecule has 0 saturated carbocycles. The summed E-state index contributed by atoms with van der Waals surface area (Å²) in [4.78, 5) is 28.8. The Balaban J connectivity index is 0.000000386. The molecule has 6 nitrogen and oxygen atoms in total. The Morgan fingerprint density at radius 2 is 0.870 bits per heavy atom. The van der Waals surface area contributed by atoms with E-state index in [-0.39, 0.29) is 56.1 Å². The molecule has 368 valence electrons. The van der Waals surface area contributed by atoms with Crippen LogP contribution in [0.2, 0.25) is 0 Å². The van der Waals surface area contributed by atoms with Gasteiger partial charge in [-0.15, -0.1) is 36.4 Å². The number of amides is 2. The molecule has 2 atom stereocenters. The van der Waals surface area contributed by atoms with Gasteiger partial charge in [-0.2, -0.15) is 36.4 Å². The van der Waals surface area contributed by atoms with Gasteiger partial charge in [0.05, 0.1) is 11.2 Å². The summed E-state index contributed by atoms with van der Waals surface area (Å²) in [6, 6.07) is 46.4. The molecule has 0 aliphatic heterocycles. The fraction of sp³-hybridized carbons (Fsp3) is 0.379. The standard InChI is InChI=1S/2C24H30F2NO2.2C5H5.Ti/c2*1-18(9-8-15-24(2,3)29-4)14-16-27(22-13-12-20(25)17-21(22)26)23(28)19-10-6-5-7-11-19;2*1-2-4-5-3-1;/h2*5-7,10-13,18H,8-9,14-16H2,1-4H3;2*1-5H;/q4*-1;+4. The van der Waals surface area contributed by atoms with Crippen molar-refractivity contribution in [2.45, 2.75) is 104 Å². The van der Waals surface area contributed by atoms with Gasteiger partial charge >= 0.3 is 21.7 Å². The molecule has 0 fully saturated rings. The van der Waals surface area contributed by atoms with Gasteiger partial charge in [0.2, 0.25) is 11.8 Å². The number of carbonyl (C=O) groups excluding carboxylic acids is 2. The third-order valence-corrected chi connectivity index (χ3v) is 11.7. The molecule has 0 aliphatic carbocycles. The van der Waals surface area contributed by atoms with E-state index in [0.717, 1.165) is 50.7 Å². The number of ether oxygens (including phenoxy) is 2. The minimum Gasteiger partial charge on any atom is -0.379 e. The molecular weight excluding hydrogens is 913 g/mol. The number of hydrogen-bond donors (Lipinski definition) is 0. The first-order valence-corrected chi connectivity index (χ1v) is 23.4. The third kappa shape index (κ3) is 22.9. The van der Waals surface area contributed by atoms with Crippen LogP contribution in [0.4, 0.5) is 28.9 Å². The van der Waals surface area contributed by atoms with Crippen LogP contribution in [0, 0.1) is 47.2 Å². The molecule has 6 aromatic carbocycles. The summed E-state index contributed by atoms with van der Waals surface area (Å²) in [5.74, 6) is -3.20. The van der Waals surface area contributed by atoms with Crippen LogP contribution in [-0.2, 0) is 31.2 Å². The molecule has 0 aliphatic rings. The van der Waals surface area contributed by atoms with Crippen molar-refractivity contribution in [1.29, 1.82) is 0 Å². The number of methoxy groups -OCH3 is 2. The van der Waals surface area contributed by atoms with Gasteiger partial charge in [0.25, 0.3) is 0 Å². The first-order chi connectivity index (χ1) is 32.5. The largest absolute Gasteiger partial charge is 4.00 e. The Morgan fingerprint density at radius 1 is 0.536 bits per heavy atom. The average Bonchev–Trinajstić information content (AvgIpc) is 4.12. The maximum atomic E-state index is 14.4. The van der Waals surface area contributed by atoms with Crippen LogP contribution in [0.5, 0.6) is 0 Å². The first-order valence-electron chi connectivity index (χ1n) is 23.4. The van der Waals surface area contributed by atoms with E-state index in [1.165, 1.54) is 21.9 Å². The molecule has 0 saturated heterocycles. The minimum atomic E-state index is -0.858. The van der Waals surface area contributed by atoms with E-state index in [1.54, 1.807) is 62.8 Å². The Kier molecular flexibility index (Phi) is 27.7. The van der Waals surface area contributed by atoms with Gasteiger partial charge < -0.3 is 19.3 Å². The summed E-state index contributed by atoms with van der Waals surface area (Å²) in [5, 5.41) is 0. The van der Waals surface area contributed by atoms with Crippen LogP contribution in [-0.4, -0.2) is 50.3 Å². The third-order valence-electron chi connectivity index (χ3n) is 11.7. The van der Waals surface area contributed by atoms with Crippen LogP contribution in [0.1, 0.15) is 114 Å². The van der Waals surface area contributed by atoms with Gasteiger partial charge in [0, 0.05) is 61.7 Å². The summed E-state index contributed by atoms with van der Waals surface area (Å²) in [5.41, 5.74) is 0.724. The van der Waals surface area contributed by atoms with E-state index in [2.05, 4.69) is 41.5 Å². The van der Waals surface area contributed by atoms with Crippen LogP contribution in [0.25, 0.3) is 0 Å². The Bertz CT molecular complexity index is 2080. The summed E-state index contributed by atoms with van der Waals surface area (Å²) in [7, 11) is 3.43. The van der Waals surface area contributed by atoms with Crippen LogP contribution < -0.4 is 9.80 Å². The molecular formula is C58H70F4N2O4Ti. The molecule has 2 amide bonds. The molecule has 11 heteroatoms. The summed E-state index contributed by atoms with van der Waals surface area (Å²) in [6.07, 6.45) is 7.30. The molecule has 6 rings (SSSR count). The van der Waals surface area contributed by atoms with Crippen molar-refractivity contribution in [3.63, 3.8) is 0 Å². The van der Waals surface area contributed by atoms with Gasteiger partial charge in [-0.05, 0) is 101 Å². The zero-order valence-electron chi connectivity index (χ0n) is 41.6. The zero-order valence-corrected chi connectivity index (χ0v) is 43.2. The first kappa shape index (κ1) is 60.0. The summed E-state index contributed by atoms with van der Waals surface area (Å²) in [6.45, 7) is 13.2. The molecule has 0 radical (unpaired) electrons. The van der Waals surface area contributed by atoms with Crippen LogP contribution >= 0.6 is 0 Å². The summed E-state index contributed by atoms with van der Waals surface area (Å²) < 4.78 is 66.3. The van der Waals surface area contributed by atoms with Gasteiger partial charge in [0.15, 0.2) is 0 Å². The number of carbonyl (C=O) groups is 2. The fourth-order valence-electron chi connectivity index (χ4n) is 7.01. The predicted molar refractivity (Wildman–Crippen MR) is 268 cm³/mol. The molecule has 0 heterocycles. The van der Waals surface area contributed by atoms with Crippen LogP contribution in [0.3, 0.4) is 0 Å². The zero-order chi connectivity index (χ0) is 50.0. The molecule has 0 spiro atoms. The number of anilines is 2. The van der Waals surface area contributed by atoms with E-state index in [4.69, 9.17) is 9.47 Å². The van der Waals surface area contributed by atoms with E-state index in [0.29, 0.717) is 48.9 Å². The van der Waals surface area contributed by atoms with Crippen molar-refractivity contribution >= 4 is 23.2 Å². The number of benzene rings is 4. The van der Waals surface area contributed by atoms with Crippen LogP contribution in [0.15, 0.2) is 146 Å². The topological polar surface area (TPSA) is 59.1 Å².